The van der Waals surface area contributed by atoms with E-state index >= 15 is 0 Å². The van der Waals surface area contributed by atoms with Gasteiger partial charge < -0.3 is 14.2 Å². The molecule has 0 aromatic rings. The molecule has 14 heavy (non-hydrogen) atoms. The maximum Gasteiger partial charge on any atom is 0.305 e. The van der Waals surface area contributed by atoms with Gasteiger partial charge in [0.1, 0.15) is 6.10 Å². The van der Waals surface area contributed by atoms with Crippen molar-refractivity contribution in [3.8, 4) is 0 Å². The first-order valence-corrected chi connectivity index (χ1v) is 4.65. The number of esters is 1. The van der Waals surface area contributed by atoms with E-state index in [1.54, 1.807) is 0 Å². The van der Waals surface area contributed by atoms with Crippen molar-refractivity contribution >= 4 is 11.8 Å². The van der Waals surface area contributed by atoms with Crippen LogP contribution in [0, 0.1) is 0 Å². The zero-order chi connectivity index (χ0) is 10.3. The molecule has 0 aromatic carbocycles. The van der Waals surface area contributed by atoms with Crippen LogP contribution in [0.3, 0.4) is 0 Å². The topological polar surface area (TPSA) is 65.1 Å². The maximum absolute atomic E-state index is 11.4. The van der Waals surface area contributed by atoms with Crippen LogP contribution in [-0.4, -0.2) is 36.4 Å². The monoisotopic (exact) mass is 200 g/mol. The van der Waals surface area contributed by atoms with E-state index in [4.69, 9.17) is 14.2 Å². The zero-order valence-electron chi connectivity index (χ0n) is 8.06. The number of ether oxygens (including phenoxy) is 3. The molecule has 0 spiro atoms. The van der Waals surface area contributed by atoms with Gasteiger partial charge in [0.05, 0.1) is 0 Å². The second-order valence-corrected chi connectivity index (χ2v) is 3.43. The van der Waals surface area contributed by atoms with Crippen molar-refractivity contribution in [2.75, 3.05) is 0 Å². The molecule has 2 heterocycles. The van der Waals surface area contributed by atoms with Crippen molar-refractivity contribution in [1.82, 2.24) is 0 Å². The van der Waals surface area contributed by atoms with Crippen LogP contribution in [0.15, 0.2) is 0 Å². The first kappa shape index (κ1) is 9.61. The normalized spacial score (nSPS) is 40.3. The Balaban J connectivity index is 2.01. The van der Waals surface area contributed by atoms with Crippen LogP contribution in [0.4, 0.5) is 0 Å². The number of ketones is 1. The molecule has 0 N–H and O–H groups in total. The maximum atomic E-state index is 11.4. The molecule has 78 valence electrons. The summed E-state index contributed by atoms with van der Waals surface area (Å²) >= 11 is 0. The van der Waals surface area contributed by atoms with Crippen LogP contribution in [0.5, 0.6) is 0 Å². The van der Waals surface area contributed by atoms with Crippen LogP contribution in [0.1, 0.15) is 20.3 Å². The lowest BCUT2D eigenvalue weighted by Gasteiger charge is -2.24. The average Bonchev–Trinajstić information content (AvgIpc) is 2.89. The number of carbonyl (C=O) groups is 2. The molecule has 4 atom stereocenters. The van der Waals surface area contributed by atoms with Crippen LogP contribution in [0.2, 0.25) is 0 Å². The summed E-state index contributed by atoms with van der Waals surface area (Å²) in [5.41, 5.74) is 0. The molecule has 4 unspecified atom stereocenters. The Kier molecular flexibility index (Phi) is 2.28. The summed E-state index contributed by atoms with van der Waals surface area (Å²) in [6.07, 6.45) is -1.43. The number of epoxide rings is 1. The summed E-state index contributed by atoms with van der Waals surface area (Å²) in [4.78, 5) is 22.1. The predicted molar refractivity (Wildman–Crippen MR) is 44.4 cm³/mol. The quantitative estimate of drug-likeness (QED) is 0.464. The van der Waals surface area contributed by atoms with E-state index in [-0.39, 0.29) is 11.9 Å². The summed E-state index contributed by atoms with van der Waals surface area (Å²) in [7, 11) is 0. The number of Topliss-reactive ketones (excluding diaryl/α,β-unsaturated/α-hetero) is 1. The molecule has 0 saturated carbocycles. The molecular weight excluding hydrogens is 188 g/mol. The highest BCUT2D eigenvalue weighted by molar-refractivity contribution is 5.90. The number of rotatable bonds is 2. The molecule has 2 aliphatic rings. The molecule has 0 aliphatic carbocycles. The third-order valence-corrected chi connectivity index (χ3v) is 2.34. The van der Waals surface area contributed by atoms with Crippen molar-refractivity contribution in [1.29, 1.82) is 0 Å². The van der Waals surface area contributed by atoms with E-state index in [0.29, 0.717) is 6.42 Å². The van der Waals surface area contributed by atoms with Crippen LogP contribution < -0.4 is 0 Å². The zero-order valence-corrected chi connectivity index (χ0v) is 8.06. The molecular formula is C9H12O5. The summed E-state index contributed by atoms with van der Waals surface area (Å²) in [5, 5.41) is 0. The van der Waals surface area contributed by atoms with Gasteiger partial charge in [0.15, 0.2) is 18.0 Å². The second-order valence-electron chi connectivity index (χ2n) is 3.43. The van der Waals surface area contributed by atoms with Crippen molar-refractivity contribution in [2.45, 2.75) is 44.9 Å². The number of hydrogen-bond acceptors (Lipinski definition) is 5. The summed E-state index contributed by atoms with van der Waals surface area (Å²) in [6, 6.07) is 0. The molecule has 0 amide bonds. The first-order chi connectivity index (χ1) is 6.63. The van der Waals surface area contributed by atoms with E-state index in [2.05, 4.69) is 0 Å². The minimum Gasteiger partial charge on any atom is -0.433 e. The molecule has 0 bridgehead atoms. The third kappa shape index (κ3) is 1.53. The smallest absolute Gasteiger partial charge is 0.305 e. The Morgan fingerprint density at radius 2 is 2.21 bits per heavy atom. The van der Waals surface area contributed by atoms with E-state index < -0.39 is 24.5 Å². The Labute approximate surface area is 81.3 Å². The lowest BCUT2D eigenvalue weighted by molar-refractivity contribution is -0.198. The fourth-order valence-electron chi connectivity index (χ4n) is 1.61. The van der Waals surface area contributed by atoms with E-state index in [1.165, 1.54) is 6.92 Å². The molecule has 5 nitrogen and oxygen atoms in total. The third-order valence-electron chi connectivity index (χ3n) is 2.34. The molecule has 2 fully saturated rings. The Bertz CT molecular complexity index is 274. The van der Waals surface area contributed by atoms with Crippen LogP contribution >= 0.6 is 0 Å². The lowest BCUT2D eigenvalue weighted by Crippen LogP contribution is -2.43. The Hall–Kier alpha value is -0.940. The predicted octanol–water partition coefficient (Wildman–Crippen LogP) is 0.0209. The fourth-order valence-corrected chi connectivity index (χ4v) is 1.61. The average molecular weight is 200 g/mol. The SMILES string of the molecule is CCC1OC(OC(C)=O)C2OC2C1=O. The number of carbonyl (C=O) groups excluding carboxylic acids is 2. The lowest BCUT2D eigenvalue weighted by atomic mass is 10.0. The second kappa shape index (κ2) is 3.33. The minimum absolute atomic E-state index is 0.0408. The summed E-state index contributed by atoms with van der Waals surface area (Å²) < 4.78 is 15.3. The van der Waals surface area contributed by atoms with Crippen molar-refractivity contribution in [3.63, 3.8) is 0 Å². The standard InChI is InChI=1S/C9H12O5/c1-3-5-6(11)7-8(14-7)9(13-5)12-4(2)10/h5,7-9H,3H2,1-2H3. The molecule has 0 radical (unpaired) electrons. The van der Waals surface area contributed by atoms with Crippen LogP contribution in [-0.2, 0) is 23.8 Å². The van der Waals surface area contributed by atoms with Crippen molar-refractivity contribution in [2.24, 2.45) is 0 Å². The Morgan fingerprint density at radius 3 is 2.79 bits per heavy atom. The molecule has 0 aromatic heterocycles. The van der Waals surface area contributed by atoms with E-state index in [1.807, 2.05) is 6.92 Å². The van der Waals surface area contributed by atoms with Crippen molar-refractivity contribution < 1.29 is 23.8 Å². The largest absolute Gasteiger partial charge is 0.433 e. The highest BCUT2D eigenvalue weighted by atomic mass is 16.7. The van der Waals surface area contributed by atoms with Gasteiger partial charge >= 0.3 is 5.97 Å². The van der Waals surface area contributed by atoms with Gasteiger partial charge in [0.25, 0.3) is 0 Å². The van der Waals surface area contributed by atoms with Gasteiger partial charge in [-0.15, -0.1) is 0 Å². The highest BCUT2D eigenvalue weighted by Crippen LogP contribution is 2.36. The first-order valence-electron chi connectivity index (χ1n) is 4.65. The highest BCUT2D eigenvalue weighted by Gasteiger charge is 2.58. The van der Waals surface area contributed by atoms with Gasteiger partial charge in [-0.1, -0.05) is 6.92 Å². The number of hydrogen-bond donors (Lipinski definition) is 0. The Morgan fingerprint density at radius 1 is 1.50 bits per heavy atom. The summed E-state index contributed by atoms with van der Waals surface area (Å²) in [5.74, 6) is -0.464. The number of fused-ring (bicyclic) bond motifs is 1. The molecule has 5 heteroatoms. The van der Waals surface area contributed by atoms with Gasteiger partial charge in [0.2, 0.25) is 6.29 Å². The fraction of sp³-hybridized carbons (Fsp3) is 0.778. The summed E-state index contributed by atoms with van der Waals surface area (Å²) in [6.45, 7) is 3.15. The van der Waals surface area contributed by atoms with E-state index in [0.717, 1.165) is 0 Å². The minimum atomic E-state index is -0.708. The van der Waals surface area contributed by atoms with Gasteiger partial charge in [-0.05, 0) is 6.42 Å². The van der Waals surface area contributed by atoms with Gasteiger partial charge in [-0.25, -0.2) is 0 Å². The molecule has 2 rings (SSSR count). The molecule has 2 saturated heterocycles. The van der Waals surface area contributed by atoms with Crippen molar-refractivity contribution in [3.05, 3.63) is 0 Å². The van der Waals surface area contributed by atoms with E-state index in [9.17, 15) is 9.59 Å². The van der Waals surface area contributed by atoms with Gasteiger partial charge in [0, 0.05) is 6.92 Å². The molecule has 2 aliphatic heterocycles. The van der Waals surface area contributed by atoms with Gasteiger partial charge in [-0.2, -0.15) is 0 Å². The van der Waals surface area contributed by atoms with Crippen LogP contribution in [0.25, 0.3) is 0 Å². The van der Waals surface area contributed by atoms with Gasteiger partial charge in [-0.3, -0.25) is 9.59 Å².